The van der Waals surface area contributed by atoms with Gasteiger partial charge in [0.05, 0.1) is 20.1 Å². The van der Waals surface area contributed by atoms with E-state index in [1.54, 1.807) is 0 Å². The molecule has 2 rings (SSSR count). The van der Waals surface area contributed by atoms with Gasteiger partial charge in [0.15, 0.2) is 0 Å². The van der Waals surface area contributed by atoms with Gasteiger partial charge in [-0.15, -0.1) is 0 Å². The summed E-state index contributed by atoms with van der Waals surface area (Å²) >= 11 is 0. The van der Waals surface area contributed by atoms with Gasteiger partial charge in [-0.25, -0.2) is 9.18 Å². The van der Waals surface area contributed by atoms with Crippen molar-refractivity contribution in [1.29, 1.82) is 0 Å². The molecule has 21 heavy (non-hydrogen) atoms. The van der Waals surface area contributed by atoms with E-state index in [1.807, 2.05) is 30.3 Å². The van der Waals surface area contributed by atoms with E-state index in [4.69, 9.17) is 4.74 Å². The van der Waals surface area contributed by atoms with Crippen LogP contribution in [-0.2, 0) is 20.9 Å². The molecular formula is C15H18FNO4. The summed E-state index contributed by atoms with van der Waals surface area (Å²) in [4.78, 5) is 24.6. The first-order chi connectivity index (χ1) is 10.1. The van der Waals surface area contributed by atoms with Crippen LogP contribution < -0.4 is 0 Å². The Morgan fingerprint density at radius 1 is 1.33 bits per heavy atom. The van der Waals surface area contributed by atoms with Crippen molar-refractivity contribution in [1.82, 2.24) is 4.90 Å². The molecule has 1 heterocycles. The predicted molar refractivity (Wildman–Crippen MR) is 73.3 cm³/mol. The zero-order valence-corrected chi connectivity index (χ0v) is 11.8. The van der Waals surface area contributed by atoms with Crippen LogP contribution in [0.3, 0.4) is 0 Å². The summed E-state index contributed by atoms with van der Waals surface area (Å²) < 4.78 is 23.2. The zero-order chi connectivity index (χ0) is 15.2. The number of alkyl halides is 1. The van der Waals surface area contributed by atoms with Crippen LogP contribution in [0.5, 0.6) is 0 Å². The van der Waals surface area contributed by atoms with Crippen molar-refractivity contribution in [2.75, 3.05) is 13.7 Å². The molecule has 0 radical (unpaired) electrons. The Balaban J connectivity index is 1.91. The summed E-state index contributed by atoms with van der Waals surface area (Å²) in [6.45, 7) is 0.0767. The van der Waals surface area contributed by atoms with Crippen LogP contribution in [0.4, 0.5) is 9.18 Å². The molecule has 2 atom stereocenters. The van der Waals surface area contributed by atoms with Gasteiger partial charge >= 0.3 is 12.1 Å². The van der Waals surface area contributed by atoms with Crippen molar-refractivity contribution in [2.24, 2.45) is 0 Å². The van der Waals surface area contributed by atoms with E-state index in [1.165, 1.54) is 12.0 Å². The maximum atomic E-state index is 13.5. The number of carbonyl (C=O) groups excluding carboxylic acids is 2. The van der Waals surface area contributed by atoms with Gasteiger partial charge in [-0.1, -0.05) is 30.3 Å². The highest BCUT2D eigenvalue weighted by atomic mass is 19.1. The van der Waals surface area contributed by atoms with E-state index in [2.05, 4.69) is 4.74 Å². The van der Waals surface area contributed by atoms with Gasteiger partial charge in [-0.05, 0) is 5.56 Å². The highest BCUT2D eigenvalue weighted by Crippen LogP contribution is 2.24. The zero-order valence-electron chi connectivity index (χ0n) is 11.8. The van der Waals surface area contributed by atoms with Crippen LogP contribution in [0.15, 0.2) is 30.3 Å². The van der Waals surface area contributed by atoms with Crippen molar-refractivity contribution < 1.29 is 23.5 Å². The number of hydrogen-bond acceptors (Lipinski definition) is 4. The molecule has 0 saturated carbocycles. The van der Waals surface area contributed by atoms with Gasteiger partial charge < -0.3 is 14.4 Å². The van der Waals surface area contributed by atoms with Crippen LogP contribution in [0.2, 0.25) is 0 Å². The number of hydrogen-bond donors (Lipinski definition) is 0. The van der Waals surface area contributed by atoms with Gasteiger partial charge in [0.25, 0.3) is 0 Å². The van der Waals surface area contributed by atoms with Crippen LogP contribution >= 0.6 is 0 Å². The van der Waals surface area contributed by atoms with Crippen LogP contribution in [-0.4, -0.2) is 42.8 Å². The van der Waals surface area contributed by atoms with Crippen molar-refractivity contribution in [3.8, 4) is 0 Å². The Morgan fingerprint density at radius 3 is 2.71 bits per heavy atom. The molecule has 0 aromatic heterocycles. The third-order valence-corrected chi connectivity index (χ3v) is 3.43. The number of carbonyl (C=O) groups is 2. The van der Waals surface area contributed by atoms with Gasteiger partial charge in [-0.2, -0.15) is 0 Å². The van der Waals surface area contributed by atoms with Gasteiger partial charge in [0.1, 0.15) is 12.8 Å². The largest absolute Gasteiger partial charge is 0.469 e. The molecule has 0 spiro atoms. The summed E-state index contributed by atoms with van der Waals surface area (Å²) in [5.74, 6) is -0.463. The molecule has 114 valence electrons. The Bertz CT molecular complexity index is 494. The van der Waals surface area contributed by atoms with Crippen molar-refractivity contribution in [3.05, 3.63) is 35.9 Å². The second-order valence-electron chi connectivity index (χ2n) is 4.96. The monoisotopic (exact) mass is 295 g/mol. The Morgan fingerprint density at radius 2 is 2.05 bits per heavy atom. The number of methoxy groups -OCH3 is 1. The van der Waals surface area contributed by atoms with Gasteiger partial charge in [0.2, 0.25) is 0 Å². The molecule has 0 N–H and O–H groups in total. The number of likely N-dealkylation sites (tertiary alicyclic amines) is 1. The normalized spacial score (nSPS) is 21.1. The molecule has 1 aromatic carbocycles. The maximum Gasteiger partial charge on any atom is 0.410 e. The third kappa shape index (κ3) is 4.18. The quantitative estimate of drug-likeness (QED) is 0.800. The third-order valence-electron chi connectivity index (χ3n) is 3.43. The SMILES string of the molecule is COC(=O)C[C@@H]1C[C@@H](F)CN1C(=O)OCc1ccccc1. The topological polar surface area (TPSA) is 55.8 Å². The summed E-state index contributed by atoms with van der Waals surface area (Å²) in [6.07, 6.45) is -1.62. The van der Waals surface area contributed by atoms with Crippen LogP contribution in [0.1, 0.15) is 18.4 Å². The molecule has 1 saturated heterocycles. The van der Waals surface area contributed by atoms with E-state index in [9.17, 15) is 14.0 Å². The summed E-state index contributed by atoms with van der Waals surface area (Å²) in [5, 5.41) is 0. The summed E-state index contributed by atoms with van der Waals surface area (Å²) in [6, 6.07) is 8.72. The lowest BCUT2D eigenvalue weighted by Crippen LogP contribution is -2.37. The van der Waals surface area contributed by atoms with Crippen molar-refractivity contribution in [3.63, 3.8) is 0 Å². The number of rotatable bonds is 4. The highest BCUT2D eigenvalue weighted by molar-refractivity contribution is 5.73. The average Bonchev–Trinajstić information content (AvgIpc) is 2.86. The first-order valence-corrected chi connectivity index (χ1v) is 6.78. The number of halogens is 1. The fraction of sp³-hybridized carbons (Fsp3) is 0.467. The molecule has 1 fully saturated rings. The minimum absolute atomic E-state index is 0.0165. The second-order valence-corrected chi connectivity index (χ2v) is 4.96. The number of esters is 1. The molecule has 0 unspecified atom stereocenters. The van der Waals surface area contributed by atoms with E-state index < -0.39 is 24.3 Å². The average molecular weight is 295 g/mol. The molecular weight excluding hydrogens is 277 g/mol. The predicted octanol–water partition coefficient (Wildman–Crippen LogP) is 2.30. The fourth-order valence-corrected chi connectivity index (χ4v) is 2.35. The number of nitrogens with zero attached hydrogens (tertiary/aromatic N) is 1. The second kappa shape index (κ2) is 7.06. The molecule has 0 aliphatic carbocycles. The Hall–Kier alpha value is -2.11. The van der Waals surface area contributed by atoms with Gasteiger partial charge in [0, 0.05) is 12.5 Å². The maximum absolute atomic E-state index is 13.5. The molecule has 1 amide bonds. The Kier molecular flexibility index (Phi) is 5.14. The minimum Gasteiger partial charge on any atom is -0.469 e. The first kappa shape index (κ1) is 15.3. The summed E-state index contributed by atoms with van der Waals surface area (Å²) in [5.41, 5.74) is 0.853. The molecule has 1 aliphatic heterocycles. The lowest BCUT2D eigenvalue weighted by Gasteiger charge is -2.22. The van der Waals surface area contributed by atoms with Gasteiger partial charge in [-0.3, -0.25) is 4.79 Å². The smallest absolute Gasteiger partial charge is 0.410 e. The van der Waals surface area contributed by atoms with E-state index in [0.29, 0.717) is 0 Å². The number of benzene rings is 1. The first-order valence-electron chi connectivity index (χ1n) is 6.78. The summed E-state index contributed by atoms with van der Waals surface area (Å²) in [7, 11) is 1.27. The molecule has 1 aromatic rings. The van der Waals surface area contributed by atoms with E-state index in [-0.39, 0.29) is 26.0 Å². The van der Waals surface area contributed by atoms with E-state index in [0.717, 1.165) is 5.56 Å². The fourth-order valence-electron chi connectivity index (χ4n) is 2.35. The molecule has 6 heteroatoms. The standard InChI is InChI=1S/C15H18FNO4/c1-20-14(18)8-13-7-12(16)9-17(13)15(19)21-10-11-5-3-2-4-6-11/h2-6,12-13H,7-10H2,1H3/t12-,13+/m1/s1. The molecule has 5 nitrogen and oxygen atoms in total. The van der Waals surface area contributed by atoms with Crippen LogP contribution in [0.25, 0.3) is 0 Å². The molecule has 1 aliphatic rings. The number of ether oxygens (including phenoxy) is 2. The Labute approximate surface area is 122 Å². The van der Waals surface area contributed by atoms with Crippen LogP contribution in [0, 0.1) is 0 Å². The van der Waals surface area contributed by atoms with Crippen molar-refractivity contribution >= 4 is 12.1 Å². The lowest BCUT2D eigenvalue weighted by molar-refractivity contribution is -0.141. The van der Waals surface area contributed by atoms with E-state index >= 15 is 0 Å². The lowest BCUT2D eigenvalue weighted by atomic mass is 10.1. The highest BCUT2D eigenvalue weighted by Gasteiger charge is 2.37. The molecule has 0 bridgehead atoms. The minimum atomic E-state index is -1.14. The number of amides is 1. The van der Waals surface area contributed by atoms with Crippen molar-refractivity contribution in [2.45, 2.75) is 31.7 Å².